The molecule has 0 aliphatic carbocycles. The summed E-state index contributed by atoms with van der Waals surface area (Å²) < 4.78 is 31.5. The molecule has 0 saturated carbocycles. The molecule has 17 heavy (non-hydrogen) atoms. The summed E-state index contributed by atoms with van der Waals surface area (Å²) in [6.07, 6.45) is 2.10. The predicted octanol–water partition coefficient (Wildman–Crippen LogP) is 5.09. The summed E-state index contributed by atoms with van der Waals surface area (Å²) in [5.41, 5.74) is 0.743. The zero-order chi connectivity index (χ0) is 13.9. The molecule has 0 aromatic heterocycles. The van der Waals surface area contributed by atoms with Crippen molar-refractivity contribution in [2.45, 2.75) is 20.5 Å². The van der Waals surface area contributed by atoms with Crippen molar-refractivity contribution >= 4 is 11.8 Å². The molecular formula is C13H23F3S. The van der Waals surface area contributed by atoms with Gasteiger partial charge in [0.1, 0.15) is 6.67 Å². The quantitative estimate of drug-likeness (QED) is 0.720. The van der Waals surface area contributed by atoms with Crippen LogP contribution in [0.3, 0.4) is 0 Å². The molecular weight excluding hydrogens is 245 g/mol. The highest BCUT2D eigenvalue weighted by atomic mass is 32.2. The fourth-order valence-corrected chi connectivity index (χ4v) is 0.567. The van der Waals surface area contributed by atoms with Gasteiger partial charge in [-0.15, -0.1) is 0 Å². The lowest BCUT2D eigenvalue weighted by atomic mass is 10.2. The molecule has 1 aromatic carbocycles. The van der Waals surface area contributed by atoms with E-state index in [1.807, 2.05) is 30.0 Å². The molecule has 0 nitrogen and oxygen atoms in total. The molecule has 0 fully saturated rings. The van der Waals surface area contributed by atoms with Crippen LogP contribution in [0.1, 0.15) is 19.4 Å². The number of thioether (sulfide) groups is 1. The molecule has 0 N–H and O–H groups in total. The first-order valence-electron chi connectivity index (χ1n) is 5.29. The lowest BCUT2D eigenvalue weighted by Gasteiger charge is -1.87. The SMILES string of the molecule is CCF.CCSC.CF.FCc1ccccc1. The predicted molar refractivity (Wildman–Crippen MR) is 74.0 cm³/mol. The number of alkyl halides is 3. The molecule has 0 spiro atoms. The molecule has 0 heterocycles. The maximum absolute atomic E-state index is 11.7. The van der Waals surface area contributed by atoms with Crippen LogP contribution in [-0.2, 0) is 6.67 Å². The number of rotatable bonds is 2. The van der Waals surface area contributed by atoms with Gasteiger partial charge in [-0.25, -0.2) is 4.39 Å². The van der Waals surface area contributed by atoms with Crippen LogP contribution in [-0.4, -0.2) is 25.9 Å². The van der Waals surface area contributed by atoms with Gasteiger partial charge in [0.25, 0.3) is 0 Å². The van der Waals surface area contributed by atoms with Crippen molar-refractivity contribution in [2.75, 3.05) is 25.9 Å². The van der Waals surface area contributed by atoms with E-state index in [1.54, 1.807) is 12.1 Å². The largest absolute Gasteiger partial charge is 0.255 e. The summed E-state index contributed by atoms with van der Waals surface area (Å²) in [6.45, 7) is 2.99. The molecule has 0 radical (unpaired) electrons. The monoisotopic (exact) mass is 268 g/mol. The lowest BCUT2D eigenvalue weighted by molar-refractivity contribution is 0.485. The Labute approximate surface area is 108 Å². The van der Waals surface area contributed by atoms with E-state index in [2.05, 4.69) is 13.2 Å². The lowest BCUT2D eigenvalue weighted by Crippen LogP contribution is -1.72. The van der Waals surface area contributed by atoms with Gasteiger partial charge in [-0.1, -0.05) is 37.3 Å². The molecule has 102 valence electrons. The normalized spacial score (nSPS) is 7.47. The zero-order valence-corrected chi connectivity index (χ0v) is 11.9. The van der Waals surface area contributed by atoms with Gasteiger partial charge < -0.3 is 0 Å². The van der Waals surface area contributed by atoms with Crippen LogP contribution in [0.15, 0.2) is 30.3 Å². The van der Waals surface area contributed by atoms with Gasteiger partial charge in [0, 0.05) is 0 Å². The van der Waals surface area contributed by atoms with Crippen LogP contribution in [0.25, 0.3) is 0 Å². The second-order valence-electron chi connectivity index (χ2n) is 2.46. The molecule has 0 atom stereocenters. The standard InChI is InChI=1S/C7H7F.C3H8S.C2H5F.CH3F/c8-6-7-4-2-1-3-5-7;1-3-4-2;1-2-3;1-2/h1-5H,6H2;3H2,1-2H3;2H2,1H3;1H3. The van der Waals surface area contributed by atoms with Crippen molar-refractivity contribution in [1.82, 2.24) is 0 Å². The van der Waals surface area contributed by atoms with Crippen molar-refractivity contribution in [3.8, 4) is 0 Å². The highest BCUT2D eigenvalue weighted by Crippen LogP contribution is 1.98. The third-order valence-corrected chi connectivity index (χ3v) is 1.86. The summed E-state index contributed by atoms with van der Waals surface area (Å²) in [4.78, 5) is 0. The molecule has 1 rings (SSSR count). The maximum atomic E-state index is 11.7. The Bertz CT molecular complexity index is 191. The van der Waals surface area contributed by atoms with Crippen molar-refractivity contribution in [1.29, 1.82) is 0 Å². The first kappa shape index (κ1) is 21.6. The summed E-state index contributed by atoms with van der Waals surface area (Å²) in [5.74, 6) is 1.24. The summed E-state index contributed by atoms with van der Waals surface area (Å²) in [6, 6.07) is 9.06. The number of halogens is 3. The van der Waals surface area contributed by atoms with Crippen molar-refractivity contribution in [3.63, 3.8) is 0 Å². The van der Waals surface area contributed by atoms with Crippen molar-refractivity contribution in [3.05, 3.63) is 35.9 Å². The van der Waals surface area contributed by atoms with E-state index in [1.165, 1.54) is 12.7 Å². The first-order chi connectivity index (χ1) is 8.26. The van der Waals surface area contributed by atoms with Gasteiger partial charge >= 0.3 is 0 Å². The van der Waals surface area contributed by atoms with E-state index >= 15 is 0 Å². The minimum absolute atomic E-state index is 0.250. The van der Waals surface area contributed by atoms with Crippen LogP contribution in [0, 0.1) is 0 Å². The van der Waals surface area contributed by atoms with E-state index in [4.69, 9.17) is 0 Å². The van der Waals surface area contributed by atoms with Crippen LogP contribution in [0.2, 0.25) is 0 Å². The number of hydrogen-bond acceptors (Lipinski definition) is 1. The topological polar surface area (TPSA) is 0 Å². The molecule has 0 aliphatic rings. The highest BCUT2D eigenvalue weighted by molar-refractivity contribution is 7.98. The molecule has 0 saturated heterocycles. The minimum Gasteiger partial charge on any atom is -0.255 e. The molecule has 4 heteroatoms. The van der Waals surface area contributed by atoms with Crippen LogP contribution in [0.4, 0.5) is 13.2 Å². The first-order valence-corrected chi connectivity index (χ1v) is 6.68. The zero-order valence-electron chi connectivity index (χ0n) is 11.1. The van der Waals surface area contributed by atoms with E-state index in [0.29, 0.717) is 7.18 Å². The van der Waals surface area contributed by atoms with Gasteiger partial charge in [0.05, 0.1) is 13.9 Å². The molecule has 0 bridgehead atoms. The second kappa shape index (κ2) is 24.5. The average molecular weight is 268 g/mol. The number of hydrogen-bond donors (Lipinski definition) is 0. The molecule has 1 aromatic rings. The minimum atomic E-state index is -0.360. The third-order valence-electron chi connectivity index (χ3n) is 1.29. The van der Waals surface area contributed by atoms with Gasteiger partial charge in [0.15, 0.2) is 0 Å². The van der Waals surface area contributed by atoms with Crippen LogP contribution >= 0.6 is 11.8 Å². The Kier molecular flexibility index (Phi) is 31.2. The van der Waals surface area contributed by atoms with E-state index in [9.17, 15) is 13.2 Å². The van der Waals surface area contributed by atoms with Crippen LogP contribution in [0.5, 0.6) is 0 Å². The van der Waals surface area contributed by atoms with E-state index in [-0.39, 0.29) is 13.3 Å². The van der Waals surface area contributed by atoms with E-state index < -0.39 is 0 Å². The van der Waals surface area contributed by atoms with Gasteiger partial charge in [-0.05, 0) is 24.5 Å². The average Bonchev–Trinajstić information content (AvgIpc) is 2.43. The fraction of sp³-hybridized carbons (Fsp3) is 0.538. The number of benzene rings is 1. The third kappa shape index (κ3) is 25.5. The Morgan fingerprint density at radius 2 is 1.35 bits per heavy atom. The summed E-state index contributed by atoms with van der Waals surface area (Å²) in [7, 11) is 0.500. The Morgan fingerprint density at radius 1 is 1.00 bits per heavy atom. The van der Waals surface area contributed by atoms with E-state index in [0.717, 1.165) is 5.56 Å². The Balaban J connectivity index is -0.000000186. The fourth-order valence-electron chi connectivity index (χ4n) is 0.567. The molecule has 0 aliphatic heterocycles. The second-order valence-corrected chi connectivity index (χ2v) is 3.62. The van der Waals surface area contributed by atoms with Gasteiger partial charge in [0.2, 0.25) is 0 Å². The maximum Gasteiger partial charge on any atom is 0.115 e. The Morgan fingerprint density at radius 3 is 1.53 bits per heavy atom. The van der Waals surface area contributed by atoms with Crippen LogP contribution < -0.4 is 0 Å². The molecule has 0 amide bonds. The summed E-state index contributed by atoms with van der Waals surface area (Å²) >= 11 is 1.86. The van der Waals surface area contributed by atoms with Crippen molar-refractivity contribution < 1.29 is 13.2 Å². The highest BCUT2D eigenvalue weighted by Gasteiger charge is 1.82. The van der Waals surface area contributed by atoms with Gasteiger partial charge in [-0.2, -0.15) is 11.8 Å². The van der Waals surface area contributed by atoms with Crippen molar-refractivity contribution in [2.24, 2.45) is 0 Å². The smallest absolute Gasteiger partial charge is 0.115 e. The Hall–Kier alpha value is -0.640. The summed E-state index contributed by atoms with van der Waals surface area (Å²) in [5, 5.41) is 0. The van der Waals surface area contributed by atoms with Gasteiger partial charge in [-0.3, -0.25) is 8.78 Å². The molecule has 0 unspecified atom stereocenters.